The number of halogens is 1. The van der Waals surface area contributed by atoms with Crippen LogP contribution in [0.25, 0.3) is 0 Å². The van der Waals surface area contributed by atoms with Crippen molar-refractivity contribution in [3.8, 4) is 0 Å². The molecule has 54 valence electrons. The van der Waals surface area contributed by atoms with Gasteiger partial charge in [-0.05, 0) is 31.0 Å². The van der Waals surface area contributed by atoms with Crippen molar-refractivity contribution in [2.75, 3.05) is 0 Å². The molecule has 0 N–H and O–H groups in total. The van der Waals surface area contributed by atoms with E-state index in [2.05, 4.69) is 4.98 Å². The summed E-state index contributed by atoms with van der Waals surface area (Å²) in [5.41, 5.74) is 1.25. The Balaban J connectivity index is 2.59. The van der Waals surface area contributed by atoms with Crippen molar-refractivity contribution >= 4 is 11.6 Å². The first kappa shape index (κ1) is 7.55. The first-order valence-electron chi connectivity index (χ1n) is 3.32. The van der Waals surface area contributed by atoms with Gasteiger partial charge in [-0.3, -0.25) is 4.98 Å². The molecule has 1 aromatic rings. The molecule has 0 aliphatic carbocycles. The van der Waals surface area contributed by atoms with Gasteiger partial charge in [-0.25, -0.2) is 0 Å². The van der Waals surface area contributed by atoms with Gasteiger partial charge in [0.15, 0.2) is 0 Å². The van der Waals surface area contributed by atoms with Gasteiger partial charge in [-0.2, -0.15) is 0 Å². The molecule has 0 aromatic carbocycles. The van der Waals surface area contributed by atoms with Gasteiger partial charge in [0.05, 0.1) is 0 Å². The minimum atomic E-state index is 0.211. The van der Waals surface area contributed by atoms with Gasteiger partial charge in [-0.1, -0.05) is 0 Å². The summed E-state index contributed by atoms with van der Waals surface area (Å²) in [6.45, 7) is 1.99. The third-order valence-corrected chi connectivity index (χ3v) is 1.42. The normalized spacial score (nSPS) is 13.0. The summed E-state index contributed by atoms with van der Waals surface area (Å²) in [5, 5.41) is 0.211. The van der Waals surface area contributed by atoms with Gasteiger partial charge in [0, 0.05) is 17.8 Å². The van der Waals surface area contributed by atoms with Crippen molar-refractivity contribution in [3.05, 3.63) is 30.1 Å². The number of alkyl halides is 1. The van der Waals surface area contributed by atoms with E-state index in [1.165, 1.54) is 5.56 Å². The van der Waals surface area contributed by atoms with Gasteiger partial charge in [-0.15, -0.1) is 11.6 Å². The highest BCUT2D eigenvalue weighted by atomic mass is 35.5. The molecule has 0 spiro atoms. The average molecular weight is 156 g/mol. The van der Waals surface area contributed by atoms with E-state index < -0.39 is 0 Å². The van der Waals surface area contributed by atoms with Crippen LogP contribution < -0.4 is 0 Å². The fraction of sp³-hybridized carbons (Fsp3) is 0.375. The summed E-state index contributed by atoms with van der Waals surface area (Å²) in [6.07, 6.45) is 4.49. The highest BCUT2D eigenvalue weighted by molar-refractivity contribution is 6.20. The number of rotatable bonds is 2. The van der Waals surface area contributed by atoms with E-state index in [1.54, 1.807) is 12.4 Å². The number of nitrogens with zero attached hydrogens (tertiary/aromatic N) is 1. The molecule has 0 saturated heterocycles. The molecule has 0 aliphatic rings. The molecular weight excluding hydrogens is 146 g/mol. The number of aromatic nitrogens is 1. The van der Waals surface area contributed by atoms with Crippen molar-refractivity contribution in [1.82, 2.24) is 4.98 Å². The molecule has 1 heterocycles. The van der Waals surface area contributed by atoms with Crippen molar-refractivity contribution in [1.29, 1.82) is 0 Å². The minimum Gasteiger partial charge on any atom is -0.265 e. The monoisotopic (exact) mass is 155 g/mol. The van der Waals surface area contributed by atoms with E-state index in [-0.39, 0.29) is 5.38 Å². The van der Waals surface area contributed by atoms with Crippen LogP contribution >= 0.6 is 11.6 Å². The Kier molecular flexibility index (Phi) is 2.69. The summed E-state index contributed by atoms with van der Waals surface area (Å²) < 4.78 is 0. The molecular formula is C8H10ClN. The molecule has 1 nitrogen and oxygen atoms in total. The van der Waals surface area contributed by atoms with Crippen molar-refractivity contribution in [3.63, 3.8) is 0 Å². The second-order valence-electron chi connectivity index (χ2n) is 2.34. The fourth-order valence-corrected chi connectivity index (χ4v) is 1.02. The summed E-state index contributed by atoms with van der Waals surface area (Å²) in [6, 6.07) is 3.97. The maximum Gasteiger partial charge on any atom is 0.0348 e. The Morgan fingerprint density at radius 2 is 2.10 bits per heavy atom. The van der Waals surface area contributed by atoms with Gasteiger partial charge < -0.3 is 0 Å². The maximum atomic E-state index is 5.79. The second kappa shape index (κ2) is 3.57. The quantitative estimate of drug-likeness (QED) is 0.597. The van der Waals surface area contributed by atoms with Crippen LogP contribution in [0.3, 0.4) is 0 Å². The molecule has 2 heteroatoms. The summed E-state index contributed by atoms with van der Waals surface area (Å²) in [5.74, 6) is 0. The first-order chi connectivity index (χ1) is 4.79. The standard InChI is InChI=1S/C8H10ClN/c1-7(9)6-8-2-4-10-5-3-8/h2-5,7H,6H2,1H3. The third-order valence-electron chi connectivity index (χ3n) is 1.27. The van der Waals surface area contributed by atoms with Crippen molar-refractivity contribution < 1.29 is 0 Å². The predicted octanol–water partition coefficient (Wildman–Crippen LogP) is 2.25. The number of pyridine rings is 1. The predicted molar refractivity (Wildman–Crippen MR) is 43.3 cm³/mol. The lowest BCUT2D eigenvalue weighted by Gasteiger charge is -2.00. The molecule has 0 amide bonds. The van der Waals surface area contributed by atoms with Crippen LogP contribution in [0.1, 0.15) is 12.5 Å². The zero-order valence-corrected chi connectivity index (χ0v) is 6.67. The highest BCUT2D eigenvalue weighted by Crippen LogP contribution is 2.05. The summed E-state index contributed by atoms with van der Waals surface area (Å²) in [7, 11) is 0. The summed E-state index contributed by atoms with van der Waals surface area (Å²) in [4.78, 5) is 3.91. The zero-order chi connectivity index (χ0) is 7.40. The number of hydrogen-bond acceptors (Lipinski definition) is 1. The van der Waals surface area contributed by atoms with E-state index in [9.17, 15) is 0 Å². The Labute approximate surface area is 66.0 Å². The molecule has 0 fully saturated rings. The fourth-order valence-electron chi connectivity index (χ4n) is 0.844. The molecule has 0 aliphatic heterocycles. The topological polar surface area (TPSA) is 12.9 Å². The molecule has 1 rings (SSSR count). The third kappa shape index (κ3) is 2.36. The molecule has 0 bridgehead atoms. The van der Waals surface area contributed by atoms with E-state index in [1.807, 2.05) is 19.1 Å². The lowest BCUT2D eigenvalue weighted by atomic mass is 10.2. The van der Waals surface area contributed by atoms with Gasteiger partial charge in [0.25, 0.3) is 0 Å². The average Bonchev–Trinajstić information content (AvgIpc) is 1.88. The van der Waals surface area contributed by atoms with E-state index in [0.29, 0.717) is 0 Å². The Morgan fingerprint density at radius 3 is 2.60 bits per heavy atom. The molecule has 10 heavy (non-hydrogen) atoms. The SMILES string of the molecule is CC(Cl)Cc1ccncc1. The van der Waals surface area contributed by atoms with Crippen molar-refractivity contribution in [2.24, 2.45) is 0 Å². The molecule has 0 saturated carbocycles. The van der Waals surface area contributed by atoms with Crippen LogP contribution in [0.15, 0.2) is 24.5 Å². The Morgan fingerprint density at radius 1 is 1.50 bits per heavy atom. The summed E-state index contributed by atoms with van der Waals surface area (Å²) >= 11 is 5.79. The highest BCUT2D eigenvalue weighted by Gasteiger charge is 1.96. The van der Waals surface area contributed by atoms with Crippen LogP contribution in [-0.2, 0) is 6.42 Å². The van der Waals surface area contributed by atoms with Gasteiger partial charge in [0.1, 0.15) is 0 Å². The van der Waals surface area contributed by atoms with Crippen molar-refractivity contribution in [2.45, 2.75) is 18.7 Å². The zero-order valence-electron chi connectivity index (χ0n) is 5.92. The first-order valence-corrected chi connectivity index (χ1v) is 3.75. The molecule has 1 aromatic heterocycles. The van der Waals surface area contributed by atoms with Gasteiger partial charge >= 0.3 is 0 Å². The Hall–Kier alpha value is -0.560. The van der Waals surface area contributed by atoms with Crippen LogP contribution in [0, 0.1) is 0 Å². The van der Waals surface area contributed by atoms with Crippen LogP contribution in [0.5, 0.6) is 0 Å². The lowest BCUT2D eigenvalue weighted by molar-refractivity contribution is 0.927. The van der Waals surface area contributed by atoms with Crippen LogP contribution in [0.4, 0.5) is 0 Å². The van der Waals surface area contributed by atoms with E-state index in [4.69, 9.17) is 11.6 Å². The van der Waals surface area contributed by atoms with Crippen LogP contribution in [0.2, 0.25) is 0 Å². The number of hydrogen-bond donors (Lipinski definition) is 0. The maximum absolute atomic E-state index is 5.79. The van der Waals surface area contributed by atoms with E-state index >= 15 is 0 Å². The Bertz CT molecular complexity index is 184. The minimum absolute atomic E-state index is 0.211. The second-order valence-corrected chi connectivity index (χ2v) is 3.09. The molecule has 1 atom stereocenters. The largest absolute Gasteiger partial charge is 0.265 e. The molecule has 1 unspecified atom stereocenters. The van der Waals surface area contributed by atoms with Crippen LogP contribution in [-0.4, -0.2) is 10.4 Å². The van der Waals surface area contributed by atoms with Gasteiger partial charge in [0.2, 0.25) is 0 Å². The smallest absolute Gasteiger partial charge is 0.0348 e. The lowest BCUT2D eigenvalue weighted by Crippen LogP contribution is -1.96. The molecule has 0 radical (unpaired) electrons. The van der Waals surface area contributed by atoms with E-state index in [0.717, 1.165) is 6.42 Å².